The maximum atomic E-state index is 12.9. The first-order valence-electron chi connectivity index (χ1n) is 10.6. The van der Waals surface area contributed by atoms with Crippen molar-refractivity contribution in [1.29, 1.82) is 0 Å². The highest BCUT2D eigenvalue weighted by Gasteiger charge is 2.14. The van der Waals surface area contributed by atoms with Crippen LogP contribution in [0.5, 0.6) is 11.5 Å². The monoisotopic (exact) mass is 523 g/mol. The third kappa shape index (κ3) is 6.50. The molecule has 4 rings (SSSR count). The van der Waals surface area contributed by atoms with Crippen LogP contribution in [0.1, 0.15) is 32.0 Å². The standard InChI is InChI=1S/C26H19Cl2N3O5/c27-21-7-3-1-5-16(21)14-35-19-11-18(25(32)29-24-10-9-23(26(33)34)30-31-24)12-20(13-19)36-15-17-6-2-4-8-22(17)28/h1-13H,14-15H2,(H,33,34)(H,29,31,32). The Morgan fingerprint density at radius 1 is 0.778 bits per heavy atom. The molecule has 36 heavy (non-hydrogen) atoms. The summed E-state index contributed by atoms with van der Waals surface area (Å²) in [6.07, 6.45) is 0. The minimum atomic E-state index is -1.22. The van der Waals surface area contributed by atoms with E-state index in [-0.39, 0.29) is 30.3 Å². The van der Waals surface area contributed by atoms with Gasteiger partial charge in [-0.2, -0.15) is 0 Å². The summed E-state index contributed by atoms with van der Waals surface area (Å²) in [6, 6.07) is 21.9. The number of aromatic nitrogens is 2. The van der Waals surface area contributed by atoms with E-state index in [0.29, 0.717) is 21.5 Å². The van der Waals surface area contributed by atoms with Gasteiger partial charge in [-0.25, -0.2) is 4.79 Å². The zero-order valence-corrected chi connectivity index (χ0v) is 20.2. The number of carbonyl (C=O) groups excluding carboxylic acids is 1. The summed E-state index contributed by atoms with van der Waals surface area (Å²) in [5, 5.41) is 20.0. The van der Waals surface area contributed by atoms with Crippen molar-refractivity contribution in [2.24, 2.45) is 0 Å². The fraction of sp³-hybridized carbons (Fsp3) is 0.0769. The molecule has 0 atom stereocenters. The van der Waals surface area contributed by atoms with Gasteiger partial charge in [-0.3, -0.25) is 4.79 Å². The molecule has 0 bridgehead atoms. The van der Waals surface area contributed by atoms with E-state index in [1.165, 1.54) is 12.1 Å². The van der Waals surface area contributed by atoms with E-state index in [9.17, 15) is 9.59 Å². The number of hydrogen-bond acceptors (Lipinski definition) is 6. The molecule has 1 heterocycles. The number of halogens is 2. The number of aromatic carboxylic acids is 1. The van der Waals surface area contributed by atoms with Crippen LogP contribution in [-0.2, 0) is 13.2 Å². The summed E-state index contributed by atoms with van der Waals surface area (Å²) in [7, 11) is 0. The fourth-order valence-corrected chi connectivity index (χ4v) is 3.50. The average molecular weight is 524 g/mol. The van der Waals surface area contributed by atoms with Crippen LogP contribution < -0.4 is 14.8 Å². The number of rotatable bonds is 9. The Kier molecular flexibility index (Phi) is 7.99. The second kappa shape index (κ2) is 11.5. The number of nitrogens with one attached hydrogen (secondary N) is 1. The van der Waals surface area contributed by atoms with Gasteiger partial charge in [-0.15, -0.1) is 10.2 Å². The third-order valence-electron chi connectivity index (χ3n) is 4.97. The van der Waals surface area contributed by atoms with E-state index in [1.807, 2.05) is 36.4 Å². The molecule has 10 heteroatoms. The smallest absolute Gasteiger partial charge is 0.356 e. The largest absolute Gasteiger partial charge is 0.489 e. The van der Waals surface area contributed by atoms with E-state index in [0.717, 1.165) is 11.1 Å². The van der Waals surface area contributed by atoms with Gasteiger partial charge < -0.3 is 19.9 Å². The molecule has 182 valence electrons. The Balaban J connectivity index is 1.56. The van der Waals surface area contributed by atoms with Crippen molar-refractivity contribution >= 4 is 40.9 Å². The van der Waals surface area contributed by atoms with Crippen LogP contribution in [0.3, 0.4) is 0 Å². The fourth-order valence-electron chi connectivity index (χ4n) is 3.12. The summed E-state index contributed by atoms with van der Waals surface area (Å²) in [5.74, 6) is -0.888. The Labute approximate surface area is 216 Å². The van der Waals surface area contributed by atoms with Crippen molar-refractivity contribution < 1.29 is 24.2 Å². The molecule has 0 aliphatic heterocycles. The number of hydrogen-bond donors (Lipinski definition) is 2. The molecule has 3 aromatic carbocycles. The predicted molar refractivity (Wildman–Crippen MR) is 135 cm³/mol. The van der Waals surface area contributed by atoms with Crippen molar-refractivity contribution in [1.82, 2.24) is 10.2 Å². The Morgan fingerprint density at radius 3 is 1.81 bits per heavy atom. The zero-order valence-electron chi connectivity index (χ0n) is 18.7. The summed E-state index contributed by atoms with van der Waals surface area (Å²) in [4.78, 5) is 23.9. The molecule has 0 aliphatic rings. The molecule has 4 aromatic rings. The van der Waals surface area contributed by atoms with Crippen LogP contribution in [-0.4, -0.2) is 27.2 Å². The van der Waals surface area contributed by atoms with Gasteiger partial charge in [0, 0.05) is 32.8 Å². The summed E-state index contributed by atoms with van der Waals surface area (Å²) < 4.78 is 11.8. The molecule has 0 aliphatic carbocycles. The number of carboxylic acids is 1. The number of ether oxygens (including phenoxy) is 2. The molecular formula is C26H19Cl2N3O5. The molecular weight excluding hydrogens is 505 g/mol. The summed E-state index contributed by atoms with van der Waals surface area (Å²) in [5.41, 5.74) is 1.55. The van der Waals surface area contributed by atoms with Crippen molar-refractivity contribution in [3.63, 3.8) is 0 Å². The van der Waals surface area contributed by atoms with Crippen LogP contribution >= 0.6 is 23.2 Å². The molecule has 0 spiro atoms. The number of benzene rings is 3. The van der Waals surface area contributed by atoms with Crippen molar-refractivity contribution in [2.45, 2.75) is 13.2 Å². The van der Waals surface area contributed by atoms with Gasteiger partial charge in [0.1, 0.15) is 24.7 Å². The first-order valence-corrected chi connectivity index (χ1v) is 11.4. The Bertz CT molecular complexity index is 1330. The molecule has 8 nitrogen and oxygen atoms in total. The lowest BCUT2D eigenvalue weighted by Gasteiger charge is -2.13. The lowest BCUT2D eigenvalue weighted by molar-refractivity contribution is 0.0689. The minimum Gasteiger partial charge on any atom is -0.489 e. The summed E-state index contributed by atoms with van der Waals surface area (Å²) in [6.45, 7) is 0.355. The SMILES string of the molecule is O=C(Nc1ccc(C(=O)O)nn1)c1cc(OCc2ccccc2Cl)cc(OCc2ccccc2Cl)c1. The Morgan fingerprint density at radius 2 is 1.33 bits per heavy atom. The van der Waals surface area contributed by atoms with E-state index >= 15 is 0 Å². The van der Waals surface area contributed by atoms with Crippen molar-refractivity contribution in [2.75, 3.05) is 5.32 Å². The number of carbonyl (C=O) groups is 2. The summed E-state index contributed by atoms with van der Waals surface area (Å²) >= 11 is 12.5. The molecule has 0 saturated carbocycles. The molecule has 2 N–H and O–H groups in total. The van der Waals surface area contributed by atoms with E-state index in [2.05, 4.69) is 15.5 Å². The third-order valence-corrected chi connectivity index (χ3v) is 5.71. The molecule has 0 radical (unpaired) electrons. The lowest BCUT2D eigenvalue weighted by atomic mass is 10.1. The van der Waals surface area contributed by atoms with Crippen molar-refractivity contribution in [3.8, 4) is 11.5 Å². The topological polar surface area (TPSA) is 111 Å². The number of amides is 1. The van der Waals surface area contributed by atoms with Gasteiger partial charge in [0.15, 0.2) is 11.5 Å². The van der Waals surface area contributed by atoms with Gasteiger partial charge >= 0.3 is 5.97 Å². The highest BCUT2D eigenvalue weighted by atomic mass is 35.5. The maximum absolute atomic E-state index is 12.9. The van der Waals surface area contributed by atoms with Crippen LogP contribution in [0, 0.1) is 0 Å². The van der Waals surface area contributed by atoms with Gasteiger partial charge in [-0.05, 0) is 36.4 Å². The quantitative estimate of drug-likeness (QED) is 0.281. The number of anilines is 1. The van der Waals surface area contributed by atoms with Crippen molar-refractivity contribution in [3.05, 3.63) is 111 Å². The van der Waals surface area contributed by atoms with E-state index in [4.69, 9.17) is 37.8 Å². The second-order valence-corrected chi connectivity index (χ2v) is 8.33. The lowest BCUT2D eigenvalue weighted by Crippen LogP contribution is -2.14. The van der Waals surface area contributed by atoms with Crippen LogP contribution in [0.4, 0.5) is 5.82 Å². The first kappa shape index (κ1) is 25.0. The van der Waals surface area contributed by atoms with Gasteiger partial charge in [0.2, 0.25) is 0 Å². The van der Waals surface area contributed by atoms with Gasteiger partial charge in [0.25, 0.3) is 5.91 Å². The number of carboxylic acid groups (broad SMARTS) is 1. The second-order valence-electron chi connectivity index (χ2n) is 7.52. The van der Waals surface area contributed by atoms with E-state index in [1.54, 1.807) is 30.3 Å². The molecule has 0 unspecified atom stereocenters. The van der Waals surface area contributed by atoms with Gasteiger partial charge in [0.05, 0.1) is 0 Å². The van der Waals surface area contributed by atoms with Crippen LogP contribution in [0.25, 0.3) is 0 Å². The highest BCUT2D eigenvalue weighted by Crippen LogP contribution is 2.27. The Hall–Kier alpha value is -4.14. The average Bonchev–Trinajstić information content (AvgIpc) is 2.88. The highest BCUT2D eigenvalue weighted by molar-refractivity contribution is 6.31. The number of nitrogens with zero attached hydrogens (tertiary/aromatic N) is 2. The first-order chi connectivity index (χ1) is 17.4. The molecule has 0 fully saturated rings. The molecule has 1 aromatic heterocycles. The van der Waals surface area contributed by atoms with Crippen LogP contribution in [0.2, 0.25) is 10.0 Å². The molecule has 0 saturated heterocycles. The maximum Gasteiger partial charge on any atom is 0.356 e. The van der Waals surface area contributed by atoms with Crippen LogP contribution in [0.15, 0.2) is 78.9 Å². The minimum absolute atomic E-state index is 0.0888. The predicted octanol–water partition coefficient (Wildman–Crippen LogP) is 5.89. The normalized spacial score (nSPS) is 10.5. The zero-order chi connectivity index (χ0) is 25.5. The van der Waals surface area contributed by atoms with Gasteiger partial charge in [-0.1, -0.05) is 59.6 Å². The molecule has 1 amide bonds. The van der Waals surface area contributed by atoms with E-state index < -0.39 is 11.9 Å².